The molecule has 3 heteroatoms. The van der Waals surface area contributed by atoms with E-state index in [-0.39, 0.29) is 0 Å². The number of benzene rings is 1. The first kappa shape index (κ1) is 14.5. The van der Waals surface area contributed by atoms with Gasteiger partial charge in [-0.15, -0.1) is 0 Å². The largest absolute Gasteiger partial charge is 0.347 e. The molecule has 2 aromatic rings. The van der Waals surface area contributed by atoms with Gasteiger partial charge in [0.1, 0.15) is 10.5 Å². The summed E-state index contributed by atoms with van der Waals surface area (Å²) in [5.41, 5.74) is 5.22. The van der Waals surface area contributed by atoms with Crippen molar-refractivity contribution in [3.05, 3.63) is 57.1 Å². The van der Waals surface area contributed by atoms with Crippen molar-refractivity contribution < 1.29 is 0 Å². The Hall–Kier alpha value is -1.48. The number of H-pyrrole nitrogens is 1. The summed E-state index contributed by atoms with van der Waals surface area (Å²) in [6.07, 6.45) is 3.54. The molecule has 0 saturated heterocycles. The lowest BCUT2D eigenvalue weighted by atomic mass is 9.82. The van der Waals surface area contributed by atoms with Gasteiger partial charge >= 0.3 is 0 Å². The van der Waals surface area contributed by atoms with Gasteiger partial charge < -0.3 is 4.98 Å². The minimum atomic E-state index is 0.358. The van der Waals surface area contributed by atoms with Crippen molar-refractivity contribution in [1.29, 1.82) is 0 Å². The lowest BCUT2D eigenvalue weighted by Gasteiger charge is -2.25. The molecule has 0 spiro atoms. The van der Waals surface area contributed by atoms with E-state index in [1.165, 1.54) is 35.2 Å². The first-order chi connectivity index (χ1) is 10.1. The second kappa shape index (κ2) is 5.72. The second-order valence-corrected chi connectivity index (χ2v) is 6.65. The molecule has 1 atom stereocenters. The van der Waals surface area contributed by atoms with Crippen LogP contribution in [0.4, 0.5) is 0 Å². The monoisotopic (exact) mass is 298 g/mol. The lowest BCUT2D eigenvalue weighted by molar-refractivity contribution is 0.585. The van der Waals surface area contributed by atoms with Crippen LogP contribution in [0.25, 0.3) is 0 Å². The van der Waals surface area contributed by atoms with Crippen LogP contribution >= 0.6 is 12.2 Å². The van der Waals surface area contributed by atoms with E-state index in [1.54, 1.807) is 0 Å². The Labute approximate surface area is 131 Å². The number of aromatic nitrogens is 2. The zero-order valence-electron chi connectivity index (χ0n) is 12.9. The van der Waals surface area contributed by atoms with Crippen LogP contribution in [0, 0.1) is 11.6 Å². The standard InChI is InChI=1S/C18H22N2S/c1-11(2)16-12(3)19-17(20-18(16)21)15-10-6-8-13-7-4-5-9-14(13)15/h4-5,7,9,11,15H,6,8,10H2,1-3H3,(H,19,20,21). The molecule has 1 aliphatic rings. The smallest absolute Gasteiger partial charge is 0.133 e. The Kier molecular flexibility index (Phi) is 3.94. The zero-order chi connectivity index (χ0) is 15.0. The van der Waals surface area contributed by atoms with Crippen LogP contribution in [-0.2, 0) is 6.42 Å². The fourth-order valence-electron chi connectivity index (χ4n) is 3.50. The van der Waals surface area contributed by atoms with Crippen LogP contribution < -0.4 is 0 Å². The van der Waals surface area contributed by atoms with Crippen molar-refractivity contribution in [2.24, 2.45) is 0 Å². The molecular weight excluding hydrogens is 276 g/mol. The average molecular weight is 298 g/mol. The normalized spacial score (nSPS) is 17.8. The molecule has 0 aliphatic heterocycles. The first-order valence-electron chi connectivity index (χ1n) is 7.76. The number of hydrogen-bond acceptors (Lipinski definition) is 2. The topological polar surface area (TPSA) is 28.7 Å². The van der Waals surface area contributed by atoms with E-state index in [4.69, 9.17) is 17.2 Å². The van der Waals surface area contributed by atoms with Gasteiger partial charge in [-0.1, -0.05) is 50.3 Å². The number of nitrogens with one attached hydrogen (secondary N) is 1. The number of aromatic amines is 1. The molecular formula is C18H22N2S. The van der Waals surface area contributed by atoms with Crippen LogP contribution in [0.15, 0.2) is 24.3 Å². The predicted octanol–water partition coefficient (Wildman–Crippen LogP) is 5.04. The van der Waals surface area contributed by atoms with Gasteiger partial charge in [0.05, 0.1) is 0 Å². The average Bonchev–Trinajstić information content (AvgIpc) is 2.45. The molecule has 110 valence electrons. The van der Waals surface area contributed by atoms with Crippen LogP contribution in [-0.4, -0.2) is 9.97 Å². The second-order valence-electron chi connectivity index (χ2n) is 6.26. The minimum Gasteiger partial charge on any atom is -0.347 e. The summed E-state index contributed by atoms with van der Waals surface area (Å²) in [5, 5.41) is 0. The van der Waals surface area contributed by atoms with E-state index in [2.05, 4.69) is 50.0 Å². The van der Waals surface area contributed by atoms with Crippen molar-refractivity contribution in [2.75, 3.05) is 0 Å². The fraction of sp³-hybridized carbons (Fsp3) is 0.444. The van der Waals surface area contributed by atoms with Gasteiger partial charge in [-0.05, 0) is 43.2 Å². The minimum absolute atomic E-state index is 0.358. The van der Waals surface area contributed by atoms with Crippen LogP contribution in [0.1, 0.15) is 66.7 Å². The Morgan fingerprint density at radius 2 is 2.05 bits per heavy atom. The zero-order valence-corrected chi connectivity index (χ0v) is 13.8. The Morgan fingerprint density at radius 1 is 1.29 bits per heavy atom. The highest BCUT2D eigenvalue weighted by Gasteiger charge is 2.24. The summed E-state index contributed by atoms with van der Waals surface area (Å²) in [7, 11) is 0. The Balaban J connectivity index is 2.09. The molecule has 0 radical (unpaired) electrons. The van der Waals surface area contributed by atoms with Crippen LogP contribution in [0.2, 0.25) is 0 Å². The number of hydrogen-bond donors (Lipinski definition) is 1. The number of fused-ring (bicyclic) bond motifs is 1. The third kappa shape index (κ3) is 2.67. The van der Waals surface area contributed by atoms with Gasteiger partial charge in [-0.25, -0.2) is 4.98 Å². The molecule has 1 aromatic carbocycles. The molecule has 1 aliphatic carbocycles. The molecule has 0 amide bonds. The molecule has 1 N–H and O–H groups in total. The van der Waals surface area contributed by atoms with Crippen molar-refractivity contribution in [3.63, 3.8) is 0 Å². The third-order valence-corrected chi connectivity index (χ3v) is 4.76. The van der Waals surface area contributed by atoms with Crippen molar-refractivity contribution in [1.82, 2.24) is 9.97 Å². The lowest BCUT2D eigenvalue weighted by Crippen LogP contribution is -2.15. The quantitative estimate of drug-likeness (QED) is 0.787. The molecule has 0 fully saturated rings. The Bertz CT molecular complexity index is 715. The van der Waals surface area contributed by atoms with E-state index in [1.807, 2.05) is 0 Å². The van der Waals surface area contributed by atoms with E-state index >= 15 is 0 Å². The SMILES string of the molecule is Cc1[nH]c(C2CCCc3ccccc32)nc(=S)c1C(C)C. The van der Waals surface area contributed by atoms with Crippen LogP contribution in [0.3, 0.4) is 0 Å². The van der Waals surface area contributed by atoms with Gasteiger partial charge in [0, 0.05) is 17.2 Å². The van der Waals surface area contributed by atoms with Crippen molar-refractivity contribution >= 4 is 12.2 Å². The summed E-state index contributed by atoms with van der Waals surface area (Å²) in [6, 6.07) is 8.74. The number of nitrogens with zero attached hydrogens (tertiary/aromatic N) is 1. The molecule has 1 unspecified atom stereocenters. The summed E-state index contributed by atoms with van der Waals surface area (Å²) in [4.78, 5) is 8.27. The van der Waals surface area contributed by atoms with Crippen LogP contribution in [0.5, 0.6) is 0 Å². The summed E-state index contributed by atoms with van der Waals surface area (Å²) in [6.45, 7) is 6.46. The third-order valence-electron chi connectivity index (χ3n) is 4.45. The number of aryl methyl sites for hydroxylation is 2. The highest BCUT2D eigenvalue weighted by atomic mass is 32.1. The molecule has 21 heavy (non-hydrogen) atoms. The maximum atomic E-state index is 5.54. The first-order valence-corrected chi connectivity index (χ1v) is 8.17. The van der Waals surface area contributed by atoms with E-state index in [0.29, 0.717) is 11.8 Å². The van der Waals surface area contributed by atoms with Gasteiger partial charge in [-0.3, -0.25) is 0 Å². The highest BCUT2D eigenvalue weighted by molar-refractivity contribution is 7.71. The van der Waals surface area contributed by atoms with E-state index < -0.39 is 0 Å². The molecule has 0 bridgehead atoms. The Morgan fingerprint density at radius 3 is 2.76 bits per heavy atom. The van der Waals surface area contributed by atoms with Gasteiger partial charge in [0.25, 0.3) is 0 Å². The highest BCUT2D eigenvalue weighted by Crippen LogP contribution is 2.35. The number of rotatable bonds is 2. The molecule has 1 aromatic heterocycles. The summed E-state index contributed by atoms with van der Waals surface area (Å²) >= 11 is 5.54. The van der Waals surface area contributed by atoms with Gasteiger partial charge in [0.2, 0.25) is 0 Å². The predicted molar refractivity (Wildman–Crippen MR) is 89.5 cm³/mol. The van der Waals surface area contributed by atoms with Crippen molar-refractivity contribution in [2.45, 2.75) is 51.9 Å². The summed E-state index contributed by atoms with van der Waals surface area (Å²) in [5.74, 6) is 1.81. The molecule has 0 saturated carbocycles. The molecule has 1 heterocycles. The van der Waals surface area contributed by atoms with Gasteiger partial charge in [0.15, 0.2) is 0 Å². The van der Waals surface area contributed by atoms with Crippen molar-refractivity contribution in [3.8, 4) is 0 Å². The van der Waals surface area contributed by atoms with Gasteiger partial charge in [-0.2, -0.15) is 0 Å². The maximum Gasteiger partial charge on any atom is 0.133 e. The molecule has 2 nitrogen and oxygen atoms in total. The maximum absolute atomic E-state index is 5.54. The fourth-order valence-corrected chi connectivity index (χ4v) is 3.99. The molecule has 3 rings (SSSR count). The summed E-state index contributed by atoms with van der Waals surface area (Å²) < 4.78 is 0.763. The van der Waals surface area contributed by atoms with E-state index in [9.17, 15) is 0 Å². The van der Waals surface area contributed by atoms with E-state index in [0.717, 1.165) is 16.9 Å².